The largest absolute Gasteiger partial charge is 0.492 e. The van der Waals surface area contributed by atoms with Crippen LogP contribution in [-0.4, -0.2) is 31.1 Å². The lowest BCUT2D eigenvalue weighted by Gasteiger charge is -2.32. The van der Waals surface area contributed by atoms with E-state index in [2.05, 4.69) is 60.4 Å². The van der Waals surface area contributed by atoms with Crippen LogP contribution in [0.4, 0.5) is 0 Å². The van der Waals surface area contributed by atoms with E-state index in [9.17, 15) is 0 Å². The summed E-state index contributed by atoms with van der Waals surface area (Å²) in [7, 11) is 0. The summed E-state index contributed by atoms with van der Waals surface area (Å²) < 4.78 is 5.91. The molecule has 1 aliphatic heterocycles. The van der Waals surface area contributed by atoms with E-state index in [1.165, 1.54) is 37.1 Å². The number of para-hydroxylation sites is 1. The fourth-order valence-corrected chi connectivity index (χ4v) is 3.22. The van der Waals surface area contributed by atoms with Crippen molar-refractivity contribution in [3.8, 4) is 5.75 Å². The fraction of sp³-hybridized carbons (Fsp3) is 0.400. The van der Waals surface area contributed by atoms with Gasteiger partial charge in [0.1, 0.15) is 12.4 Å². The van der Waals surface area contributed by atoms with Gasteiger partial charge < -0.3 is 4.74 Å². The van der Waals surface area contributed by atoms with Crippen LogP contribution in [0.3, 0.4) is 0 Å². The Morgan fingerprint density at radius 2 is 1.64 bits per heavy atom. The standard InChI is InChI=1S/C20H25NO/c1-17-7-5-6-10-20(17)22-16-15-21-13-11-19(12-14-21)18-8-3-2-4-9-18/h2-10,19H,11-16H2,1H3. The van der Waals surface area contributed by atoms with Crippen molar-refractivity contribution in [3.63, 3.8) is 0 Å². The Balaban J connectivity index is 1.42. The van der Waals surface area contributed by atoms with Crippen LogP contribution < -0.4 is 4.74 Å². The van der Waals surface area contributed by atoms with E-state index in [0.717, 1.165) is 24.8 Å². The fourth-order valence-electron chi connectivity index (χ4n) is 3.22. The molecule has 0 spiro atoms. The number of rotatable bonds is 5. The maximum atomic E-state index is 5.91. The molecule has 0 bridgehead atoms. The van der Waals surface area contributed by atoms with Gasteiger partial charge in [0.15, 0.2) is 0 Å². The molecule has 0 saturated carbocycles. The molecular formula is C20H25NO. The van der Waals surface area contributed by atoms with Crippen molar-refractivity contribution in [3.05, 3.63) is 65.7 Å². The van der Waals surface area contributed by atoms with E-state index in [-0.39, 0.29) is 0 Å². The first kappa shape index (κ1) is 15.1. The Hall–Kier alpha value is -1.80. The molecule has 0 N–H and O–H groups in total. The van der Waals surface area contributed by atoms with Crippen LogP contribution in [0.15, 0.2) is 54.6 Å². The molecule has 3 rings (SSSR count). The van der Waals surface area contributed by atoms with Crippen LogP contribution in [0.2, 0.25) is 0 Å². The lowest BCUT2D eigenvalue weighted by molar-refractivity contribution is 0.173. The van der Waals surface area contributed by atoms with Gasteiger partial charge in [-0.2, -0.15) is 0 Å². The highest BCUT2D eigenvalue weighted by Gasteiger charge is 2.20. The number of likely N-dealkylation sites (tertiary alicyclic amines) is 1. The van der Waals surface area contributed by atoms with Crippen LogP contribution in [0.1, 0.15) is 29.9 Å². The molecule has 0 amide bonds. The molecule has 0 unspecified atom stereocenters. The number of ether oxygens (including phenoxy) is 1. The van der Waals surface area contributed by atoms with Crippen LogP contribution in [0, 0.1) is 6.92 Å². The third-order valence-electron chi connectivity index (χ3n) is 4.62. The second-order valence-corrected chi connectivity index (χ2v) is 6.14. The number of aryl methyl sites for hydroxylation is 1. The van der Waals surface area contributed by atoms with Gasteiger partial charge in [0.25, 0.3) is 0 Å². The van der Waals surface area contributed by atoms with Gasteiger partial charge in [0.05, 0.1) is 0 Å². The van der Waals surface area contributed by atoms with Crippen LogP contribution in [-0.2, 0) is 0 Å². The number of piperidine rings is 1. The summed E-state index contributed by atoms with van der Waals surface area (Å²) in [6.07, 6.45) is 2.52. The van der Waals surface area contributed by atoms with Crippen molar-refractivity contribution in [1.29, 1.82) is 0 Å². The summed E-state index contributed by atoms with van der Waals surface area (Å²) in [5.41, 5.74) is 2.71. The first-order chi connectivity index (χ1) is 10.8. The Labute approximate surface area is 133 Å². The van der Waals surface area contributed by atoms with Gasteiger partial charge >= 0.3 is 0 Å². The van der Waals surface area contributed by atoms with Gasteiger partial charge in [-0.05, 0) is 56.0 Å². The van der Waals surface area contributed by atoms with E-state index < -0.39 is 0 Å². The van der Waals surface area contributed by atoms with Crippen molar-refractivity contribution < 1.29 is 4.74 Å². The second-order valence-electron chi connectivity index (χ2n) is 6.14. The number of nitrogens with zero attached hydrogens (tertiary/aromatic N) is 1. The van der Waals surface area contributed by atoms with Crippen molar-refractivity contribution in [2.45, 2.75) is 25.7 Å². The third kappa shape index (κ3) is 3.89. The SMILES string of the molecule is Cc1ccccc1OCCN1CCC(c2ccccc2)CC1. The average molecular weight is 295 g/mol. The molecule has 0 aliphatic carbocycles. The lowest BCUT2D eigenvalue weighted by atomic mass is 9.89. The minimum atomic E-state index is 0.731. The molecule has 1 fully saturated rings. The van der Waals surface area contributed by atoms with Gasteiger partial charge in [-0.3, -0.25) is 4.90 Å². The predicted octanol–water partition coefficient (Wildman–Crippen LogP) is 4.25. The van der Waals surface area contributed by atoms with E-state index in [4.69, 9.17) is 4.74 Å². The van der Waals surface area contributed by atoms with Crippen molar-refractivity contribution >= 4 is 0 Å². The zero-order chi connectivity index (χ0) is 15.2. The third-order valence-corrected chi connectivity index (χ3v) is 4.62. The van der Waals surface area contributed by atoms with Gasteiger partial charge in [-0.1, -0.05) is 48.5 Å². The lowest BCUT2D eigenvalue weighted by Crippen LogP contribution is -2.35. The second kappa shape index (κ2) is 7.46. The topological polar surface area (TPSA) is 12.5 Å². The number of benzene rings is 2. The molecular weight excluding hydrogens is 270 g/mol. The first-order valence-corrected chi connectivity index (χ1v) is 8.28. The minimum absolute atomic E-state index is 0.731. The zero-order valence-electron chi connectivity index (χ0n) is 13.4. The minimum Gasteiger partial charge on any atom is -0.492 e. The summed E-state index contributed by atoms with van der Waals surface area (Å²) in [6, 6.07) is 19.2. The van der Waals surface area contributed by atoms with E-state index >= 15 is 0 Å². The zero-order valence-corrected chi connectivity index (χ0v) is 13.4. The molecule has 116 valence electrons. The number of hydrogen-bond donors (Lipinski definition) is 0. The number of hydrogen-bond acceptors (Lipinski definition) is 2. The molecule has 2 aromatic carbocycles. The predicted molar refractivity (Wildman–Crippen MR) is 91.5 cm³/mol. The van der Waals surface area contributed by atoms with Crippen molar-refractivity contribution in [2.24, 2.45) is 0 Å². The Kier molecular flexibility index (Phi) is 5.12. The molecule has 1 aliphatic rings. The van der Waals surface area contributed by atoms with E-state index in [1.54, 1.807) is 0 Å². The quantitative estimate of drug-likeness (QED) is 0.817. The smallest absolute Gasteiger partial charge is 0.122 e. The monoisotopic (exact) mass is 295 g/mol. The molecule has 0 radical (unpaired) electrons. The summed E-state index contributed by atoms with van der Waals surface area (Å²) in [6.45, 7) is 6.25. The van der Waals surface area contributed by atoms with Crippen molar-refractivity contribution in [2.75, 3.05) is 26.2 Å². The molecule has 2 aromatic rings. The molecule has 22 heavy (non-hydrogen) atoms. The van der Waals surface area contributed by atoms with E-state index in [0.29, 0.717) is 0 Å². The average Bonchev–Trinajstić information content (AvgIpc) is 2.58. The van der Waals surface area contributed by atoms with Crippen molar-refractivity contribution in [1.82, 2.24) is 4.90 Å². The van der Waals surface area contributed by atoms with E-state index in [1.807, 2.05) is 6.07 Å². The van der Waals surface area contributed by atoms with Gasteiger partial charge in [-0.25, -0.2) is 0 Å². The molecule has 2 heteroatoms. The Morgan fingerprint density at radius 1 is 0.955 bits per heavy atom. The summed E-state index contributed by atoms with van der Waals surface area (Å²) in [4.78, 5) is 2.53. The molecule has 2 nitrogen and oxygen atoms in total. The van der Waals surface area contributed by atoms with Crippen LogP contribution in [0.5, 0.6) is 5.75 Å². The first-order valence-electron chi connectivity index (χ1n) is 8.28. The highest BCUT2D eigenvalue weighted by Crippen LogP contribution is 2.27. The highest BCUT2D eigenvalue weighted by atomic mass is 16.5. The maximum absolute atomic E-state index is 5.91. The van der Waals surface area contributed by atoms with Gasteiger partial charge in [0, 0.05) is 6.54 Å². The molecule has 0 aromatic heterocycles. The van der Waals surface area contributed by atoms with Crippen LogP contribution >= 0.6 is 0 Å². The van der Waals surface area contributed by atoms with Crippen LogP contribution in [0.25, 0.3) is 0 Å². The molecule has 1 heterocycles. The summed E-state index contributed by atoms with van der Waals surface area (Å²) in [5.74, 6) is 1.75. The highest BCUT2D eigenvalue weighted by molar-refractivity contribution is 5.31. The molecule has 1 saturated heterocycles. The Morgan fingerprint density at radius 3 is 2.36 bits per heavy atom. The molecule has 0 atom stereocenters. The maximum Gasteiger partial charge on any atom is 0.122 e. The van der Waals surface area contributed by atoms with Gasteiger partial charge in [0.2, 0.25) is 0 Å². The van der Waals surface area contributed by atoms with Gasteiger partial charge in [-0.15, -0.1) is 0 Å². The Bertz CT molecular complexity index is 573. The normalized spacial score (nSPS) is 16.6. The summed E-state index contributed by atoms with van der Waals surface area (Å²) in [5, 5.41) is 0. The summed E-state index contributed by atoms with van der Waals surface area (Å²) >= 11 is 0.